The molecular weight excluding hydrogens is 1700 g/mol. The lowest BCUT2D eigenvalue weighted by molar-refractivity contribution is 0.651. The summed E-state index contributed by atoms with van der Waals surface area (Å²) < 4.78 is 32.5. The quantitative estimate of drug-likeness (QED) is 0.144. The SMILES string of the molecule is Brc1ccc2c(c1)oc1nc(Br)ncc12.C.S=S=S.S=S=S=S=S=S=S.c1ccc2cc(N(c3ccc4c(c3)oc3ccccc34)c3ccc4c(c3)oc3nc(N(c5ccc6ccccc6c5)c5ccc6c(c5)oc5ccccc56)ncc34)ccc2c1.c1ccc2cc(Nc3ccc4c(c3)oc3ccccc34)ccc2c1. The molecule has 0 unspecified atom stereocenters. The highest BCUT2D eigenvalue weighted by molar-refractivity contribution is 9.10. The molecule has 7 aromatic heterocycles. The van der Waals surface area contributed by atoms with Crippen LogP contribution in [0.3, 0.4) is 0 Å². The molecule has 111 heavy (non-hydrogen) atoms. The molecule has 0 radical (unpaired) electrons. The van der Waals surface area contributed by atoms with E-state index in [0.717, 1.165) is 162 Å². The maximum absolute atomic E-state index is 6.70. The van der Waals surface area contributed by atoms with Gasteiger partial charge in [-0.25, -0.2) is 9.97 Å². The predicted molar refractivity (Wildman–Crippen MR) is 494 cm³/mol. The van der Waals surface area contributed by atoms with Gasteiger partial charge in [0.05, 0.1) is 16.5 Å². The lowest BCUT2D eigenvalue weighted by atomic mass is 10.1. The van der Waals surface area contributed by atoms with Gasteiger partial charge in [0.2, 0.25) is 17.4 Å². The van der Waals surface area contributed by atoms with Gasteiger partial charge in [0.25, 0.3) is 0 Å². The maximum Gasteiger partial charge on any atom is 0.237 e. The zero-order valence-corrected chi connectivity index (χ0v) is 68.3. The molecule has 0 amide bonds. The average Bonchev–Trinajstić information content (AvgIpc) is 1.66. The van der Waals surface area contributed by atoms with Crippen molar-refractivity contribution >= 4 is 318 Å². The van der Waals surface area contributed by atoms with E-state index in [2.05, 4.69) is 320 Å². The van der Waals surface area contributed by atoms with Crippen molar-refractivity contribution in [2.45, 2.75) is 7.43 Å². The normalized spacial score (nSPS) is 11.0. The molecule has 542 valence electrons. The molecule has 0 spiro atoms. The molecular formula is C87H55Br2N7O5S10. The summed E-state index contributed by atoms with van der Waals surface area (Å²) in [4.78, 5) is 22.7. The first-order chi connectivity index (χ1) is 54.1. The Bertz CT molecular complexity index is 7130. The Morgan fingerprint density at radius 1 is 0.297 bits per heavy atom. The van der Waals surface area contributed by atoms with Crippen LogP contribution in [0, 0.1) is 0 Å². The number of para-hydroxylation sites is 3. The van der Waals surface area contributed by atoms with E-state index in [0.29, 0.717) is 27.7 Å². The molecule has 7 heterocycles. The van der Waals surface area contributed by atoms with Crippen molar-refractivity contribution in [3.63, 3.8) is 0 Å². The number of nitrogens with zero attached hydrogens (tertiary/aromatic N) is 6. The Labute approximate surface area is 688 Å². The minimum atomic E-state index is 0. The molecule has 21 rings (SSSR count). The fourth-order valence-corrected chi connectivity index (χ4v) is 22.6. The van der Waals surface area contributed by atoms with Crippen LogP contribution >= 0.6 is 31.9 Å². The van der Waals surface area contributed by atoms with Gasteiger partial charge >= 0.3 is 0 Å². The summed E-state index contributed by atoms with van der Waals surface area (Å²) >= 11 is 24.0. The van der Waals surface area contributed by atoms with Gasteiger partial charge in [-0.15, -0.1) is 0 Å². The zero-order valence-electron chi connectivity index (χ0n) is 56.9. The molecule has 0 aliphatic carbocycles. The highest BCUT2D eigenvalue weighted by atomic mass is 79.9. The highest BCUT2D eigenvalue weighted by Gasteiger charge is 2.23. The van der Waals surface area contributed by atoms with Gasteiger partial charge in [0, 0.05) is 216 Å². The predicted octanol–water partition coefficient (Wildman–Crippen LogP) is 26.4. The Morgan fingerprint density at radius 3 is 1.17 bits per heavy atom. The van der Waals surface area contributed by atoms with E-state index >= 15 is 0 Å². The van der Waals surface area contributed by atoms with Gasteiger partial charge in [-0.2, -0.15) is 9.97 Å². The monoisotopic (exact) mass is 1750 g/mol. The van der Waals surface area contributed by atoms with Gasteiger partial charge in [0.1, 0.15) is 44.7 Å². The minimum absolute atomic E-state index is 0. The second kappa shape index (κ2) is 33.7. The fourth-order valence-electron chi connectivity index (χ4n) is 13.7. The number of hydrogen-bond donors (Lipinski definition) is 1. The van der Waals surface area contributed by atoms with Crippen LogP contribution in [0.4, 0.5) is 45.8 Å². The van der Waals surface area contributed by atoms with Gasteiger partial charge in [-0.3, -0.25) is 4.90 Å². The van der Waals surface area contributed by atoms with Crippen LogP contribution in [-0.4, -0.2) is 19.9 Å². The van der Waals surface area contributed by atoms with Crippen LogP contribution in [0.1, 0.15) is 7.43 Å². The molecule has 0 aliphatic heterocycles. The number of anilines is 8. The molecule has 0 atom stereocenters. The number of benzene rings is 14. The van der Waals surface area contributed by atoms with Crippen LogP contribution in [0.5, 0.6) is 0 Å². The Kier molecular flexibility index (Phi) is 22.6. The van der Waals surface area contributed by atoms with E-state index in [4.69, 9.17) is 32.1 Å². The minimum Gasteiger partial charge on any atom is -0.456 e. The first-order valence-electron chi connectivity index (χ1n) is 33.9. The molecule has 0 saturated carbocycles. The lowest BCUT2D eigenvalue weighted by Gasteiger charge is -2.25. The summed E-state index contributed by atoms with van der Waals surface area (Å²) in [5, 5.41) is 20.9. The number of halogens is 2. The first-order valence-corrected chi connectivity index (χ1v) is 46.2. The maximum atomic E-state index is 6.70. The third-order valence-electron chi connectivity index (χ3n) is 18.6. The molecule has 12 nitrogen and oxygen atoms in total. The smallest absolute Gasteiger partial charge is 0.237 e. The first kappa shape index (κ1) is 74.7. The molecule has 14 aromatic carbocycles. The largest absolute Gasteiger partial charge is 0.456 e. The van der Waals surface area contributed by atoms with E-state index in [9.17, 15) is 0 Å². The van der Waals surface area contributed by atoms with Crippen molar-refractivity contribution in [2.75, 3.05) is 15.1 Å². The second-order valence-corrected chi connectivity index (χ2v) is 37.2. The summed E-state index contributed by atoms with van der Waals surface area (Å²) in [6.45, 7) is 0. The standard InChI is InChI=1S/C54H32N4O3.C22H15NO.C10H4Br2N2O.CH4.S7.S3/c1-3-11-35-27-37(19-17-33(35)9-1)57(39-21-24-44-42-13-5-7-15-48(42)59-50(44)29-39)40-22-26-46-47-32-55-54(56-53(47)61-52(46)30-40)58(38-20-18-34-10-2-4-12-36(34)28-38)41-23-25-45-43-14-6-8-16-49(43)60-51(45)31-41;1-2-6-16-13-17(10-9-15(16)5-1)23-18-11-12-20-19-7-3-4-8-21(19)24-22(20)14-18;11-5-1-2-6-7-4-13-10(12)14-9(7)15-8(6)3-5;;1-3-5-7-6-4-2;1-3-2/h1-32H;1-14,23H;1-4H;1H4;;. The average molecular weight is 1760 g/mol. The van der Waals surface area contributed by atoms with Gasteiger partial charge in [0.15, 0.2) is 4.73 Å². The summed E-state index contributed by atoms with van der Waals surface area (Å²) in [6, 6.07) is 100. The molecule has 0 saturated heterocycles. The molecule has 24 heteroatoms. The van der Waals surface area contributed by atoms with Crippen molar-refractivity contribution in [1.29, 1.82) is 0 Å². The summed E-state index contributed by atoms with van der Waals surface area (Å²) in [7, 11) is 8.28. The van der Waals surface area contributed by atoms with E-state index in [1.165, 1.54) is 33.9 Å². The van der Waals surface area contributed by atoms with Crippen molar-refractivity contribution in [2.24, 2.45) is 0 Å². The highest BCUT2D eigenvalue weighted by Crippen LogP contribution is 2.44. The van der Waals surface area contributed by atoms with E-state index in [-0.39, 0.29) is 7.43 Å². The number of rotatable bonds is 8. The van der Waals surface area contributed by atoms with Gasteiger partial charge < -0.3 is 32.3 Å². The van der Waals surface area contributed by atoms with Gasteiger partial charge in [-0.05, 0) is 170 Å². The summed E-state index contributed by atoms with van der Waals surface area (Å²) in [5.74, 6) is 0.481. The Hall–Kier alpha value is -10.4. The number of fused-ring (bicyclic) bond motifs is 18. The van der Waals surface area contributed by atoms with Crippen molar-refractivity contribution in [1.82, 2.24) is 19.9 Å². The van der Waals surface area contributed by atoms with Crippen LogP contribution < -0.4 is 15.1 Å². The third kappa shape index (κ3) is 15.7. The van der Waals surface area contributed by atoms with Crippen LogP contribution in [0.25, 0.3) is 142 Å². The molecule has 0 aliphatic rings. The van der Waals surface area contributed by atoms with Crippen molar-refractivity contribution in [3.05, 3.63) is 313 Å². The number of nitrogens with one attached hydrogen (secondary N) is 1. The molecule has 1 N–H and O–H groups in total. The van der Waals surface area contributed by atoms with Crippen molar-refractivity contribution < 1.29 is 22.1 Å². The van der Waals surface area contributed by atoms with Gasteiger partial charge in [-0.1, -0.05) is 169 Å². The van der Waals surface area contributed by atoms with Crippen LogP contribution in [-0.2, 0) is 98.0 Å². The summed E-state index contributed by atoms with van der Waals surface area (Å²) in [6.07, 6.45) is 3.62. The topological polar surface area (TPSA) is 136 Å². The fraction of sp³-hybridized carbons (Fsp3) is 0.0115. The zero-order chi connectivity index (χ0) is 74.6. The third-order valence-corrected chi connectivity index (χ3v) is 28.3. The molecule has 0 bridgehead atoms. The Morgan fingerprint density at radius 2 is 0.649 bits per heavy atom. The number of hydrogen-bond acceptors (Lipinski definition) is 16. The van der Waals surface area contributed by atoms with Crippen LogP contribution in [0.2, 0.25) is 0 Å². The molecule has 21 aromatic rings. The van der Waals surface area contributed by atoms with E-state index in [1.807, 2.05) is 79.0 Å². The summed E-state index contributed by atoms with van der Waals surface area (Å²) in [5.41, 5.74) is 14.6. The second-order valence-electron chi connectivity index (χ2n) is 25.0. The number of aromatic nitrogens is 4. The van der Waals surface area contributed by atoms with Crippen LogP contribution in [0.15, 0.2) is 335 Å². The lowest BCUT2D eigenvalue weighted by Crippen LogP contribution is -2.13. The molecule has 0 fully saturated rings. The number of furan rings is 5. The Balaban J connectivity index is 0.000000151. The van der Waals surface area contributed by atoms with E-state index < -0.39 is 0 Å². The van der Waals surface area contributed by atoms with Crippen molar-refractivity contribution in [3.8, 4) is 0 Å². The van der Waals surface area contributed by atoms with E-state index in [1.54, 1.807) is 32.8 Å².